The number of aryl methyl sites for hydroxylation is 1. The van der Waals surface area contributed by atoms with Crippen molar-refractivity contribution in [2.75, 3.05) is 18.4 Å². The topological polar surface area (TPSA) is 37.0 Å². The fourth-order valence-corrected chi connectivity index (χ4v) is 3.25. The number of thiazole rings is 1. The number of benzene rings is 1. The molecule has 2 N–H and O–H groups in total. The Morgan fingerprint density at radius 3 is 3.10 bits per heavy atom. The Kier molecular flexibility index (Phi) is 4.33. The average molecular weight is 287 g/mol. The van der Waals surface area contributed by atoms with Gasteiger partial charge in [-0.25, -0.2) is 4.98 Å². The monoisotopic (exact) mass is 287 g/mol. The average Bonchev–Trinajstić information content (AvgIpc) is 2.93. The quantitative estimate of drug-likeness (QED) is 0.901. The highest BCUT2D eigenvalue weighted by molar-refractivity contribution is 7.09. The summed E-state index contributed by atoms with van der Waals surface area (Å²) in [4.78, 5) is 4.55. The maximum Gasteiger partial charge on any atom is 0.0901 e. The van der Waals surface area contributed by atoms with Crippen LogP contribution in [0.25, 0.3) is 11.3 Å². The fourth-order valence-electron chi connectivity index (χ4n) is 2.62. The molecular weight excluding hydrogens is 266 g/mol. The molecule has 3 rings (SSSR count). The van der Waals surface area contributed by atoms with Crippen molar-refractivity contribution in [3.05, 3.63) is 34.7 Å². The summed E-state index contributed by atoms with van der Waals surface area (Å²) < 4.78 is 0. The molecule has 1 aliphatic heterocycles. The molecule has 0 amide bonds. The van der Waals surface area contributed by atoms with Crippen LogP contribution < -0.4 is 10.6 Å². The molecule has 2 heterocycles. The van der Waals surface area contributed by atoms with Gasteiger partial charge in [0.1, 0.15) is 0 Å². The number of nitrogens with one attached hydrogen (secondary N) is 2. The van der Waals surface area contributed by atoms with Crippen LogP contribution in [0.2, 0.25) is 0 Å². The van der Waals surface area contributed by atoms with Gasteiger partial charge in [0.05, 0.1) is 10.7 Å². The lowest BCUT2D eigenvalue weighted by atomic mass is 10.0. The predicted molar refractivity (Wildman–Crippen MR) is 86.4 cm³/mol. The van der Waals surface area contributed by atoms with Gasteiger partial charge in [-0.2, -0.15) is 0 Å². The molecule has 0 bridgehead atoms. The first-order valence-electron chi connectivity index (χ1n) is 7.31. The van der Waals surface area contributed by atoms with E-state index in [4.69, 9.17) is 0 Å². The number of aromatic nitrogens is 1. The van der Waals surface area contributed by atoms with Crippen molar-refractivity contribution in [1.29, 1.82) is 0 Å². The number of piperidine rings is 1. The Balaban J connectivity index is 1.65. The maximum absolute atomic E-state index is 4.55. The van der Waals surface area contributed by atoms with Gasteiger partial charge in [-0.05, 0) is 38.4 Å². The van der Waals surface area contributed by atoms with Crippen LogP contribution in [0.3, 0.4) is 0 Å². The molecule has 0 radical (unpaired) electrons. The van der Waals surface area contributed by atoms with Gasteiger partial charge < -0.3 is 10.6 Å². The number of rotatable bonds is 4. The van der Waals surface area contributed by atoms with Gasteiger partial charge in [-0.1, -0.05) is 18.6 Å². The molecule has 1 saturated heterocycles. The minimum absolute atomic E-state index is 0.605. The standard InChI is InChI=1S/C16H21N3S/c1-12-19-16(11-20-12)13-5-4-7-14(9-13)18-10-15-6-2-3-8-17-15/h4-5,7,9,11,15,17-18H,2-3,6,8,10H2,1H3. The molecule has 0 spiro atoms. The van der Waals surface area contributed by atoms with E-state index in [0.717, 1.165) is 23.8 Å². The molecule has 2 aromatic rings. The lowest BCUT2D eigenvalue weighted by molar-refractivity contribution is 0.414. The molecule has 4 heteroatoms. The number of hydrogen-bond acceptors (Lipinski definition) is 4. The Bertz CT molecular complexity index is 558. The molecule has 20 heavy (non-hydrogen) atoms. The van der Waals surface area contributed by atoms with Crippen molar-refractivity contribution in [3.63, 3.8) is 0 Å². The van der Waals surface area contributed by atoms with Crippen LogP contribution in [-0.4, -0.2) is 24.1 Å². The molecule has 1 aliphatic rings. The van der Waals surface area contributed by atoms with E-state index in [1.807, 2.05) is 6.92 Å². The van der Waals surface area contributed by atoms with Crippen LogP contribution >= 0.6 is 11.3 Å². The van der Waals surface area contributed by atoms with Crippen LogP contribution in [-0.2, 0) is 0 Å². The minimum Gasteiger partial charge on any atom is -0.383 e. The number of hydrogen-bond donors (Lipinski definition) is 2. The van der Waals surface area contributed by atoms with E-state index >= 15 is 0 Å². The highest BCUT2D eigenvalue weighted by atomic mass is 32.1. The molecule has 1 fully saturated rings. The fraction of sp³-hybridized carbons (Fsp3) is 0.438. The zero-order valence-corrected chi connectivity index (χ0v) is 12.7. The summed E-state index contributed by atoms with van der Waals surface area (Å²) in [5.74, 6) is 0. The van der Waals surface area contributed by atoms with Crippen LogP contribution in [0.15, 0.2) is 29.6 Å². The molecule has 1 atom stereocenters. The van der Waals surface area contributed by atoms with Crippen LogP contribution in [0.1, 0.15) is 24.3 Å². The Morgan fingerprint density at radius 2 is 2.35 bits per heavy atom. The lowest BCUT2D eigenvalue weighted by Crippen LogP contribution is -2.39. The zero-order chi connectivity index (χ0) is 13.8. The van der Waals surface area contributed by atoms with E-state index in [-0.39, 0.29) is 0 Å². The van der Waals surface area contributed by atoms with E-state index in [9.17, 15) is 0 Å². The first-order valence-corrected chi connectivity index (χ1v) is 8.19. The third-order valence-electron chi connectivity index (χ3n) is 3.74. The van der Waals surface area contributed by atoms with Crippen LogP contribution in [0.5, 0.6) is 0 Å². The molecule has 1 unspecified atom stereocenters. The number of nitrogens with zero attached hydrogens (tertiary/aromatic N) is 1. The van der Waals surface area contributed by atoms with E-state index in [2.05, 4.69) is 45.3 Å². The van der Waals surface area contributed by atoms with Gasteiger partial charge in [0.15, 0.2) is 0 Å². The third kappa shape index (κ3) is 3.38. The Labute approximate surface area is 124 Å². The van der Waals surface area contributed by atoms with Crippen molar-refractivity contribution >= 4 is 17.0 Å². The minimum atomic E-state index is 0.605. The van der Waals surface area contributed by atoms with Crippen LogP contribution in [0, 0.1) is 6.92 Å². The SMILES string of the molecule is Cc1nc(-c2cccc(NCC3CCCCN3)c2)cs1. The van der Waals surface area contributed by atoms with Crippen LogP contribution in [0.4, 0.5) is 5.69 Å². The van der Waals surface area contributed by atoms with Gasteiger partial charge in [-0.15, -0.1) is 11.3 Å². The van der Waals surface area contributed by atoms with Crippen molar-refractivity contribution in [2.45, 2.75) is 32.2 Å². The van der Waals surface area contributed by atoms with Gasteiger partial charge in [-0.3, -0.25) is 0 Å². The molecule has 0 saturated carbocycles. The second-order valence-corrected chi connectivity index (χ2v) is 6.42. The normalized spacial score (nSPS) is 18.9. The highest BCUT2D eigenvalue weighted by Crippen LogP contribution is 2.24. The Morgan fingerprint density at radius 1 is 1.40 bits per heavy atom. The molecule has 1 aromatic carbocycles. The molecular formula is C16H21N3S. The summed E-state index contributed by atoms with van der Waals surface area (Å²) in [5, 5.41) is 10.3. The lowest BCUT2D eigenvalue weighted by Gasteiger charge is -2.24. The summed E-state index contributed by atoms with van der Waals surface area (Å²) >= 11 is 1.70. The Hall–Kier alpha value is -1.39. The van der Waals surface area contributed by atoms with E-state index in [0.29, 0.717) is 6.04 Å². The second kappa shape index (κ2) is 6.37. The van der Waals surface area contributed by atoms with Crippen molar-refractivity contribution < 1.29 is 0 Å². The van der Waals surface area contributed by atoms with Crippen molar-refractivity contribution in [2.24, 2.45) is 0 Å². The highest BCUT2D eigenvalue weighted by Gasteiger charge is 2.12. The van der Waals surface area contributed by atoms with Crippen molar-refractivity contribution in [1.82, 2.24) is 10.3 Å². The van der Waals surface area contributed by atoms with E-state index < -0.39 is 0 Å². The smallest absolute Gasteiger partial charge is 0.0901 e. The van der Waals surface area contributed by atoms with Gasteiger partial charge in [0.2, 0.25) is 0 Å². The predicted octanol–water partition coefficient (Wildman–Crippen LogP) is 3.67. The van der Waals surface area contributed by atoms with Gasteiger partial charge in [0.25, 0.3) is 0 Å². The second-order valence-electron chi connectivity index (χ2n) is 5.36. The molecule has 106 valence electrons. The van der Waals surface area contributed by atoms with Gasteiger partial charge in [0, 0.05) is 29.2 Å². The zero-order valence-electron chi connectivity index (χ0n) is 11.9. The summed E-state index contributed by atoms with van der Waals surface area (Å²) in [6.45, 7) is 4.20. The molecule has 3 nitrogen and oxygen atoms in total. The number of anilines is 1. The third-order valence-corrected chi connectivity index (χ3v) is 4.52. The summed E-state index contributed by atoms with van der Waals surface area (Å²) in [7, 11) is 0. The van der Waals surface area contributed by atoms with E-state index in [1.165, 1.54) is 30.5 Å². The largest absolute Gasteiger partial charge is 0.383 e. The summed E-state index contributed by atoms with van der Waals surface area (Å²) in [5.41, 5.74) is 3.45. The molecule has 1 aromatic heterocycles. The molecule has 0 aliphatic carbocycles. The maximum atomic E-state index is 4.55. The summed E-state index contributed by atoms with van der Waals surface area (Å²) in [6.07, 6.45) is 3.94. The van der Waals surface area contributed by atoms with Gasteiger partial charge >= 0.3 is 0 Å². The van der Waals surface area contributed by atoms with Crippen molar-refractivity contribution in [3.8, 4) is 11.3 Å². The first-order chi connectivity index (χ1) is 9.81. The summed E-state index contributed by atoms with van der Waals surface area (Å²) in [6, 6.07) is 9.15. The van der Waals surface area contributed by atoms with E-state index in [1.54, 1.807) is 11.3 Å². The first kappa shape index (κ1) is 13.6.